The number of aromatic amines is 1. The van der Waals surface area contributed by atoms with Crippen molar-refractivity contribution in [2.45, 2.75) is 18.9 Å². The van der Waals surface area contributed by atoms with Crippen molar-refractivity contribution in [2.24, 2.45) is 0 Å². The van der Waals surface area contributed by atoms with E-state index in [9.17, 15) is 9.90 Å². The number of rotatable bonds is 3. The number of fused-ring (bicyclic) bond motifs is 1. The van der Waals surface area contributed by atoms with Gasteiger partial charge in [0.2, 0.25) is 0 Å². The van der Waals surface area contributed by atoms with Gasteiger partial charge in [0.05, 0.1) is 17.4 Å². The van der Waals surface area contributed by atoms with Crippen molar-refractivity contribution >= 4 is 28.6 Å². The molecule has 2 N–H and O–H groups in total. The highest BCUT2D eigenvalue weighted by molar-refractivity contribution is 6.31. The van der Waals surface area contributed by atoms with Crippen molar-refractivity contribution in [3.05, 3.63) is 35.2 Å². The maximum atomic E-state index is 11.3. The zero-order valence-electron chi connectivity index (χ0n) is 10.9. The van der Waals surface area contributed by atoms with Gasteiger partial charge in [-0.15, -0.1) is 0 Å². The number of imidazole rings is 2. The number of nitrogens with one attached hydrogen (secondary N) is 1. The van der Waals surface area contributed by atoms with Crippen LogP contribution in [0.3, 0.4) is 0 Å². The molecule has 0 unspecified atom stereocenters. The summed E-state index contributed by atoms with van der Waals surface area (Å²) in [6, 6.07) is 5.81. The first-order valence-corrected chi connectivity index (χ1v) is 6.97. The van der Waals surface area contributed by atoms with E-state index in [4.69, 9.17) is 11.6 Å². The van der Waals surface area contributed by atoms with Crippen molar-refractivity contribution < 1.29 is 9.90 Å². The Bertz CT molecular complexity index is 863. The van der Waals surface area contributed by atoms with Crippen LogP contribution in [-0.4, -0.2) is 30.6 Å². The Kier molecular flexibility index (Phi) is 2.56. The van der Waals surface area contributed by atoms with E-state index < -0.39 is 5.97 Å². The lowest BCUT2D eigenvalue weighted by molar-refractivity contribution is 0.0692. The normalized spacial score (nSPS) is 14.7. The van der Waals surface area contributed by atoms with Gasteiger partial charge in [0, 0.05) is 11.1 Å². The largest absolute Gasteiger partial charge is 0.477 e. The number of hydrogen-bond acceptors (Lipinski definition) is 3. The molecule has 1 fully saturated rings. The van der Waals surface area contributed by atoms with Crippen molar-refractivity contribution in [3.8, 4) is 11.5 Å². The molecule has 6 nitrogen and oxygen atoms in total. The molecule has 21 heavy (non-hydrogen) atoms. The van der Waals surface area contributed by atoms with Crippen LogP contribution in [0.15, 0.2) is 24.5 Å². The van der Waals surface area contributed by atoms with E-state index in [1.165, 1.54) is 6.33 Å². The SMILES string of the molecule is O=C(O)c1[nH]cnc1-c1nc2ccc(Cl)cc2n1C1CC1. The molecule has 1 saturated carbocycles. The molecule has 106 valence electrons. The van der Waals surface area contributed by atoms with Gasteiger partial charge in [0.25, 0.3) is 0 Å². The van der Waals surface area contributed by atoms with Crippen LogP contribution < -0.4 is 0 Å². The molecule has 2 aromatic heterocycles. The van der Waals surface area contributed by atoms with Gasteiger partial charge in [-0.25, -0.2) is 14.8 Å². The van der Waals surface area contributed by atoms with Crippen LogP contribution in [0.5, 0.6) is 0 Å². The van der Waals surface area contributed by atoms with Gasteiger partial charge in [-0.2, -0.15) is 0 Å². The fourth-order valence-electron chi connectivity index (χ4n) is 2.56. The molecular weight excluding hydrogens is 292 g/mol. The first-order chi connectivity index (χ1) is 10.1. The standard InChI is InChI=1S/C14H11ClN4O2/c15-7-1-4-9-10(5-7)19(8-2-3-8)13(18-9)11-12(14(20)21)17-6-16-11/h1,4-6,8H,2-3H2,(H,16,17)(H,20,21). The number of aromatic nitrogens is 4. The summed E-state index contributed by atoms with van der Waals surface area (Å²) >= 11 is 6.07. The number of nitrogens with zero attached hydrogens (tertiary/aromatic N) is 3. The number of carboxylic acids is 1. The average Bonchev–Trinajstić information content (AvgIpc) is 3.03. The lowest BCUT2D eigenvalue weighted by atomic mass is 10.3. The Balaban J connectivity index is 2.02. The average molecular weight is 303 g/mol. The molecule has 0 saturated heterocycles. The second kappa shape index (κ2) is 4.33. The minimum atomic E-state index is -1.05. The number of carboxylic acid groups (broad SMARTS) is 1. The smallest absolute Gasteiger partial charge is 0.354 e. The van der Waals surface area contributed by atoms with Crippen LogP contribution in [0.25, 0.3) is 22.6 Å². The summed E-state index contributed by atoms with van der Waals surface area (Å²) in [6.45, 7) is 0. The molecule has 1 aromatic carbocycles. The second-order valence-electron chi connectivity index (χ2n) is 5.10. The minimum Gasteiger partial charge on any atom is -0.477 e. The Morgan fingerprint density at radius 3 is 2.95 bits per heavy atom. The third-order valence-corrected chi connectivity index (χ3v) is 3.86. The monoisotopic (exact) mass is 302 g/mol. The summed E-state index contributed by atoms with van der Waals surface area (Å²) in [4.78, 5) is 22.7. The number of aromatic carboxylic acids is 1. The van der Waals surface area contributed by atoms with Crippen molar-refractivity contribution in [3.63, 3.8) is 0 Å². The van der Waals surface area contributed by atoms with E-state index >= 15 is 0 Å². The fourth-order valence-corrected chi connectivity index (χ4v) is 2.73. The first kappa shape index (κ1) is 12.4. The molecule has 3 aromatic rings. The van der Waals surface area contributed by atoms with E-state index in [1.807, 2.05) is 16.7 Å². The summed E-state index contributed by atoms with van der Waals surface area (Å²) < 4.78 is 2.05. The molecule has 7 heteroatoms. The molecule has 0 radical (unpaired) electrons. The van der Waals surface area contributed by atoms with Crippen LogP contribution in [0.1, 0.15) is 29.4 Å². The van der Waals surface area contributed by atoms with Gasteiger partial charge in [-0.1, -0.05) is 11.6 Å². The summed E-state index contributed by atoms with van der Waals surface area (Å²) in [6.07, 6.45) is 3.48. The van der Waals surface area contributed by atoms with Crippen LogP contribution in [0.2, 0.25) is 5.02 Å². The number of hydrogen-bond donors (Lipinski definition) is 2. The minimum absolute atomic E-state index is 0.0540. The number of carbonyl (C=O) groups is 1. The third-order valence-electron chi connectivity index (χ3n) is 3.63. The van der Waals surface area contributed by atoms with Gasteiger partial charge in [0.1, 0.15) is 5.69 Å². The third kappa shape index (κ3) is 1.91. The van der Waals surface area contributed by atoms with Crippen LogP contribution >= 0.6 is 11.6 Å². The zero-order valence-corrected chi connectivity index (χ0v) is 11.6. The van der Waals surface area contributed by atoms with E-state index in [2.05, 4.69) is 15.0 Å². The van der Waals surface area contributed by atoms with Crippen LogP contribution in [-0.2, 0) is 0 Å². The van der Waals surface area contributed by atoms with Crippen LogP contribution in [0.4, 0.5) is 0 Å². The maximum Gasteiger partial charge on any atom is 0.354 e. The fraction of sp³-hybridized carbons (Fsp3) is 0.214. The molecule has 0 bridgehead atoms. The molecule has 0 amide bonds. The summed E-state index contributed by atoms with van der Waals surface area (Å²) in [5.41, 5.74) is 2.13. The van der Waals surface area contributed by atoms with Gasteiger partial charge < -0.3 is 14.7 Å². The highest BCUT2D eigenvalue weighted by Gasteiger charge is 2.31. The molecule has 0 aliphatic heterocycles. The predicted octanol–water partition coefficient (Wildman–Crippen LogP) is 3.11. The molecule has 4 rings (SSSR count). The molecule has 0 spiro atoms. The maximum absolute atomic E-state index is 11.3. The van der Waals surface area contributed by atoms with E-state index in [0.717, 1.165) is 23.9 Å². The topological polar surface area (TPSA) is 83.8 Å². The van der Waals surface area contributed by atoms with E-state index in [-0.39, 0.29) is 5.69 Å². The summed E-state index contributed by atoms with van der Waals surface area (Å²) in [5, 5.41) is 9.89. The van der Waals surface area contributed by atoms with Gasteiger partial charge >= 0.3 is 5.97 Å². The molecule has 1 aliphatic rings. The van der Waals surface area contributed by atoms with Crippen molar-refractivity contribution in [1.29, 1.82) is 0 Å². The van der Waals surface area contributed by atoms with Gasteiger partial charge in [-0.05, 0) is 31.0 Å². The van der Waals surface area contributed by atoms with E-state index in [1.54, 1.807) is 6.07 Å². The molecule has 0 atom stereocenters. The van der Waals surface area contributed by atoms with Crippen molar-refractivity contribution in [2.75, 3.05) is 0 Å². The number of H-pyrrole nitrogens is 1. The summed E-state index contributed by atoms with van der Waals surface area (Å²) in [5.74, 6) is -0.469. The highest BCUT2D eigenvalue weighted by atomic mass is 35.5. The molecular formula is C14H11ClN4O2. The van der Waals surface area contributed by atoms with Gasteiger partial charge in [-0.3, -0.25) is 0 Å². The second-order valence-corrected chi connectivity index (χ2v) is 5.54. The summed E-state index contributed by atoms with van der Waals surface area (Å²) in [7, 11) is 0. The highest BCUT2D eigenvalue weighted by Crippen LogP contribution is 2.41. The molecule has 1 aliphatic carbocycles. The lowest BCUT2D eigenvalue weighted by Crippen LogP contribution is -2.04. The predicted molar refractivity (Wildman–Crippen MR) is 77.6 cm³/mol. The van der Waals surface area contributed by atoms with Crippen LogP contribution in [0, 0.1) is 0 Å². The first-order valence-electron chi connectivity index (χ1n) is 6.59. The Morgan fingerprint density at radius 2 is 2.24 bits per heavy atom. The number of benzene rings is 1. The quantitative estimate of drug-likeness (QED) is 0.778. The van der Waals surface area contributed by atoms with Crippen molar-refractivity contribution in [1.82, 2.24) is 19.5 Å². The van der Waals surface area contributed by atoms with E-state index in [0.29, 0.717) is 22.6 Å². The Hall–Kier alpha value is -2.34. The molecule has 2 heterocycles. The zero-order chi connectivity index (χ0) is 14.6. The van der Waals surface area contributed by atoms with Gasteiger partial charge in [0.15, 0.2) is 11.5 Å². The Morgan fingerprint density at radius 1 is 1.43 bits per heavy atom. The lowest BCUT2D eigenvalue weighted by Gasteiger charge is -2.06. The number of halogens is 1. The Labute approximate surface area is 124 Å².